The lowest BCUT2D eigenvalue weighted by Crippen LogP contribution is -2.19. The van der Waals surface area contributed by atoms with Gasteiger partial charge in [-0.15, -0.1) is 0 Å². The number of aromatic nitrogens is 4. The van der Waals surface area contributed by atoms with E-state index in [1.54, 1.807) is 6.33 Å². The predicted molar refractivity (Wildman–Crippen MR) is 113 cm³/mol. The molecule has 0 unspecified atom stereocenters. The average molecular weight is 438 g/mol. The number of carbonyl (C=O) groups excluding carboxylic acids is 1. The van der Waals surface area contributed by atoms with Gasteiger partial charge in [0.15, 0.2) is 17.0 Å². The van der Waals surface area contributed by atoms with Gasteiger partial charge in [0.1, 0.15) is 19.2 Å². The van der Waals surface area contributed by atoms with E-state index < -0.39 is 10.9 Å². The van der Waals surface area contributed by atoms with Crippen molar-refractivity contribution in [1.82, 2.24) is 19.5 Å². The van der Waals surface area contributed by atoms with Crippen LogP contribution in [0.25, 0.3) is 11.2 Å². The number of non-ortho nitro benzene ring substituents is 1. The van der Waals surface area contributed by atoms with Crippen molar-refractivity contribution in [2.75, 3.05) is 18.5 Å². The van der Waals surface area contributed by atoms with Crippen LogP contribution in [0.15, 0.2) is 36.9 Å². The molecule has 11 heteroatoms. The molecule has 166 valence electrons. The highest BCUT2D eigenvalue weighted by Gasteiger charge is 2.30. The molecule has 2 atom stereocenters. The summed E-state index contributed by atoms with van der Waals surface area (Å²) in [4.78, 5) is 35.6. The molecule has 1 saturated heterocycles. The quantitative estimate of drug-likeness (QED) is 0.320. The largest absolute Gasteiger partial charge is 0.459 e. The molecule has 2 aromatic heterocycles. The number of imidazole rings is 1. The molecule has 2 fully saturated rings. The summed E-state index contributed by atoms with van der Waals surface area (Å²) in [5.41, 5.74) is 1.59. The van der Waals surface area contributed by atoms with Crippen LogP contribution in [0.4, 0.5) is 11.5 Å². The number of hydrogen-bond donors (Lipinski definition) is 1. The first-order valence-electron chi connectivity index (χ1n) is 10.6. The van der Waals surface area contributed by atoms with Gasteiger partial charge in [-0.2, -0.15) is 0 Å². The zero-order valence-corrected chi connectivity index (χ0v) is 17.2. The maximum Gasteiger partial charge on any atom is 0.338 e. The summed E-state index contributed by atoms with van der Waals surface area (Å²) in [5, 5.41) is 14.1. The number of carbonyl (C=O) groups is 1. The molecule has 0 amide bonds. The Morgan fingerprint density at radius 2 is 2.00 bits per heavy atom. The van der Waals surface area contributed by atoms with Crippen LogP contribution in [0, 0.1) is 16.0 Å². The van der Waals surface area contributed by atoms with Gasteiger partial charge in [-0.05, 0) is 43.7 Å². The van der Waals surface area contributed by atoms with Gasteiger partial charge in [0, 0.05) is 18.7 Å². The van der Waals surface area contributed by atoms with Crippen LogP contribution in [0.5, 0.6) is 0 Å². The van der Waals surface area contributed by atoms with Gasteiger partial charge < -0.3 is 14.8 Å². The lowest BCUT2D eigenvalue weighted by Gasteiger charge is -2.15. The standard InChI is InChI=1S/C21H22N6O5/c28-21(14-3-5-15(6-4-14)27(29)30)31-10-16-7-8-17(32-16)26-12-25-18-19(22-9-13-1-2-13)23-11-24-20(18)26/h3-6,11-13,16-17H,1-2,7-10H2,(H,22,23,24)/t16-,17+/m0/s1. The van der Waals surface area contributed by atoms with Crippen molar-refractivity contribution in [3.63, 3.8) is 0 Å². The fraction of sp³-hybridized carbons (Fsp3) is 0.429. The first-order valence-corrected chi connectivity index (χ1v) is 10.6. The van der Waals surface area contributed by atoms with Crippen LogP contribution in [0.3, 0.4) is 0 Å². The minimum absolute atomic E-state index is 0.0780. The van der Waals surface area contributed by atoms with E-state index in [0.29, 0.717) is 11.2 Å². The summed E-state index contributed by atoms with van der Waals surface area (Å²) in [7, 11) is 0. The molecule has 5 rings (SSSR count). The lowest BCUT2D eigenvalue weighted by molar-refractivity contribution is -0.384. The Balaban J connectivity index is 1.19. The Hall–Kier alpha value is -3.60. The van der Waals surface area contributed by atoms with Crippen LogP contribution in [-0.4, -0.2) is 49.7 Å². The number of nitrogens with one attached hydrogen (secondary N) is 1. The molecule has 0 bridgehead atoms. The van der Waals surface area contributed by atoms with Crippen molar-refractivity contribution < 1.29 is 19.2 Å². The predicted octanol–water partition coefficient (Wildman–Crippen LogP) is 3.09. The van der Waals surface area contributed by atoms with E-state index in [9.17, 15) is 14.9 Å². The number of anilines is 1. The zero-order valence-electron chi connectivity index (χ0n) is 17.2. The highest BCUT2D eigenvalue weighted by molar-refractivity contribution is 5.89. The third kappa shape index (κ3) is 4.24. The van der Waals surface area contributed by atoms with E-state index in [2.05, 4.69) is 20.3 Å². The highest BCUT2D eigenvalue weighted by Crippen LogP contribution is 2.32. The van der Waals surface area contributed by atoms with Gasteiger partial charge in [-0.3, -0.25) is 14.7 Å². The molecule has 0 spiro atoms. The Morgan fingerprint density at radius 1 is 1.19 bits per heavy atom. The highest BCUT2D eigenvalue weighted by atomic mass is 16.6. The van der Waals surface area contributed by atoms with Crippen LogP contribution in [0.2, 0.25) is 0 Å². The molecule has 32 heavy (non-hydrogen) atoms. The smallest absolute Gasteiger partial charge is 0.338 e. The average Bonchev–Trinajstić information content (AvgIpc) is 3.34. The Labute approximate surface area is 182 Å². The van der Waals surface area contributed by atoms with Crippen LogP contribution in [-0.2, 0) is 9.47 Å². The molecular formula is C21H22N6O5. The molecule has 11 nitrogen and oxygen atoms in total. The van der Waals surface area contributed by atoms with Gasteiger partial charge >= 0.3 is 5.97 Å². The second-order valence-corrected chi connectivity index (χ2v) is 8.06. The Kier molecular flexibility index (Phi) is 5.39. The second-order valence-electron chi connectivity index (χ2n) is 8.06. The summed E-state index contributed by atoms with van der Waals surface area (Å²) in [6.45, 7) is 0.989. The minimum Gasteiger partial charge on any atom is -0.459 e. The maximum absolute atomic E-state index is 12.2. The minimum atomic E-state index is -0.542. The van der Waals surface area contributed by atoms with Crippen molar-refractivity contribution in [3.8, 4) is 0 Å². The summed E-state index contributed by atoms with van der Waals surface area (Å²) in [6.07, 6.45) is 6.67. The van der Waals surface area contributed by atoms with Crippen LogP contribution >= 0.6 is 0 Å². The fourth-order valence-electron chi connectivity index (χ4n) is 3.74. The summed E-state index contributed by atoms with van der Waals surface area (Å²) < 4.78 is 13.3. The molecule has 2 aliphatic rings. The summed E-state index contributed by atoms with van der Waals surface area (Å²) in [5.74, 6) is 0.904. The number of nitrogens with zero attached hydrogens (tertiary/aromatic N) is 5. The van der Waals surface area contributed by atoms with Crippen molar-refractivity contribution in [3.05, 3.63) is 52.6 Å². The van der Waals surface area contributed by atoms with E-state index in [-0.39, 0.29) is 30.2 Å². The van der Waals surface area contributed by atoms with E-state index in [0.717, 1.165) is 31.1 Å². The van der Waals surface area contributed by atoms with E-state index in [1.165, 1.54) is 43.4 Å². The Bertz CT molecular complexity index is 1140. The van der Waals surface area contributed by atoms with Gasteiger partial charge in [0.25, 0.3) is 5.69 Å². The van der Waals surface area contributed by atoms with E-state index in [1.807, 2.05) is 4.57 Å². The third-order valence-electron chi connectivity index (χ3n) is 5.72. The maximum atomic E-state index is 12.2. The SMILES string of the molecule is O=C(OC[C@@H]1CC[C@H](n2cnc3c(NCC4CC4)ncnc32)O1)c1ccc([N+](=O)[O-])cc1. The first kappa shape index (κ1) is 20.3. The van der Waals surface area contributed by atoms with E-state index in [4.69, 9.17) is 9.47 Å². The number of benzene rings is 1. The molecule has 0 radical (unpaired) electrons. The van der Waals surface area contributed by atoms with Gasteiger partial charge in [-0.25, -0.2) is 19.7 Å². The van der Waals surface area contributed by atoms with Crippen molar-refractivity contribution in [2.24, 2.45) is 5.92 Å². The molecule has 1 aliphatic carbocycles. The fourth-order valence-corrected chi connectivity index (χ4v) is 3.74. The molecular weight excluding hydrogens is 416 g/mol. The first-order chi connectivity index (χ1) is 15.6. The number of ether oxygens (including phenoxy) is 2. The normalized spacial score (nSPS) is 20.4. The summed E-state index contributed by atoms with van der Waals surface area (Å²) >= 11 is 0. The van der Waals surface area contributed by atoms with Crippen LogP contribution in [0.1, 0.15) is 42.3 Å². The van der Waals surface area contributed by atoms with Crippen molar-refractivity contribution in [1.29, 1.82) is 0 Å². The number of nitro groups is 1. The third-order valence-corrected chi connectivity index (χ3v) is 5.72. The number of rotatable bonds is 8. The number of fused-ring (bicyclic) bond motifs is 1. The molecule has 3 heterocycles. The van der Waals surface area contributed by atoms with Crippen molar-refractivity contribution in [2.45, 2.75) is 38.0 Å². The molecule has 1 saturated carbocycles. The van der Waals surface area contributed by atoms with Crippen LogP contribution < -0.4 is 5.32 Å². The van der Waals surface area contributed by atoms with E-state index >= 15 is 0 Å². The molecule has 1 aliphatic heterocycles. The Morgan fingerprint density at radius 3 is 2.75 bits per heavy atom. The van der Waals surface area contributed by atoms with Crippen molar-refractivity contribution >= 4 is 28.6 Å². The van der Waals surface area contributed by atoms with Gasteiger partial charge in [0.2, 0.25) is 0 Å². The number of nitro benzene ring substituents is 1. The second kappa shape index (κ2) is 8.50. The monoisotopic (exact) mass is 438 g/mol. The number of esters is 1. The lowest BCUT2D eigenvalue weighted by atomic mass is 10.2. The zero-order chi connectivity index (χ0) is 22.1. The topological polar surface area (TPSA) is 134 Å². The summed E-state index contributed by atoms with van der Waals surface area (Å²) in [6, 6.07) is 5.31. The number of hydrogen-bond acceptors (Lipinski definition) is 9. The van der Waals surface area contributed by atoms with Gasteiger partial charge in [0.05, 0.1) is 22.9 Å². The molecule has 3 aromatic rings. The van der Waals surface area contributed by atoms with Gasteiger partial charge in [-0.1, -0.05) is 0 Å². The molecule has 1 aromatic carbocycles. The molecule has 1 N–H and O–H groups in total.